The van der Waals surface area contributed by atoms with Gasteiger partial charge in [-0.15, -0.1) is 24.1 Å². The van der Waals surface area contributed by atoms with Crippen LogP contribution in [0, 0.1) is 12.3 Å². The Kier molecular flexibility index (Phi) is 5.31. The van der Waals surface area contributed by atoms with Crippen molar-refractivity contribution in [3.8, 4) is 12.3 Å². The molecule has 0 aliphatic carbocycles. The van der Waals surface area contributed by atoms with Crippen molar-refractivity contribution in [2.75, 3.05) is 5.75 Å². The lowest BCUT2D eigenvalue weighted by Gasteiger charge is -2.06. The molecule has 1 aromatic rings. The minimum absolute atomic E-state index is 0.116. The summed E-state index contributed by atoms with van der Waals surface area (Å²) >= 11 is 1.84. The number of hydrogen-bond acceptors (Lipinski definition) is 2. The highest BCUT2D eigenvalue weighted by Crippen LogP contribution is 2.21. The zero-order valence-corrected chi connectivity index (χ0v) is 9.89. The molecule has 2 N–H and O–H groups in total. The van der Waals surface area contributed by atoms with Crippen LogP contribution in [0.1, 0.15) is 31.4 Å². The summed E-state index contributed by atoms with van der Waals surface area (Å²) < 4.78 is 0. The lowest BCUT2D eigenvalue weighted by Crippen LogP contribution is -2.04. The Hall–Kier alpha value is -0.910. The number of thioether (sulfide) groups is 1. The van der Waals surface area contributed by atoms with Crippen LogP contribution < -0.4 is 5.73 Å². The van der Waals surface area contributed by atoms with Crippen LogP contribution in [0.3, 0.4) is 0 Å². The second-order valence-electron chi connectivity index (χ2n) is 3.51. The molecule has 0 radical (unpaired) electrons. The highest BCUT2D eigenvalue weighted by molar-refractivity contribution is 7.99. The van der Waals surface area contributed by atoms with Crippen LogP contribution in [0.4, 0.5) is 0 Å². The highest BCUT2D eigenvalue weighted by Gasteiger charge is 1.99. The van der Waals surface area contributed by atoms with Gasteiger partial charge in [0.05, 0.1) is 0 Å². The molecule has 2 heteroatoms. The molecule has 0 aliphatic heterocycles. The van der Waals surface area contributed by atoms with Crippen molar-refractivity contribution in [3.05, 3.63) is 29.8 Å². The van der Waals surface area contributed by atoms with Crippen molar-refractivity contribution >= 4 is 11.8 Å². The number of terminal acetylenes is 1. The van der Waals surface area contributed by atoms with Crippen LogP contribution in [0.2, 0.25) is 0 Å². The van der Waals surface area contributed by atoms with Gasteiger partial charge in [-0.25, -0.2) is 0 Å². The maximum Gasteiger partial charge on any atom is 0.0266 e. The molecular formula is C13H17NS. The third-order valence-electron chi connectivity index (χ3n) is 2.14. The number of nitrogens with two attached hydrogens (primary N) is 1. The quantitative estimate of drug-likeness (QED) is 0.467. The topological polar surface area (TPSA) is 26.0 Å². The molecule has 0 fully saturated rings. The van der Waals surface area contributed by atoms with E-state index in [1.165, 1.54) is 10.5 Å². The van der Waals surface area contributed by atoms with Crippen LogP contribution >= 0.6 is 11.8 Å². The molecule has 0 aromatic heterocycles. The average molecular weight is 219 g/mol. The summed E-state index contributed by atoms with van der Waals surface area (Å²) in [5.74, 6) is 3.73. The van der Waals surface area contributed by atoms with Gasteiger partial charge in [-0.05, 0) is 36.8 Å². The molecular weight excluding hydrogens is 202 g/mol. The summed E-state index contributed by atoms with van der Waals surface area (Å²) in [6.07, 6.45) is 7.13. The van der Waals surface area contributed by atoms with Gasteiger partial charge in [0.2, 0.25) is 0 Å². The number of rotatable bonds is 5. The maximum absolute atomic E-state index is 5.77. The SMILES string of the molecule is C#CCCCSc1ccc(C(C)N)cc1. The smallest absolute Gasteiger partial charge is 0.0266 e. The van der Waals surface area contributed by atoms with Crippen molar-refractivity contribution in [2.45, 2.75) is 30.7 Å². The van der Waals surface area contributed by atoms with E-state index in [0.29, 0.717) is 0 Å². The first-order valence-electron chi connectivity index (χ1n) is 5.16. The summed E-state index contributed by atoms with van der Waals surface area (Å²) in [7, 11) is 0. The summed E-state index contributed by atoms with van der Waals surface area (Å²) in [6.45, 7) is 2.00. The molecule has 80 valence electrons. The van der Waals surface area contributed by atoms with Gasteiger partial charge in [-0.1, -0.05) is 12.1 Å². The van der Waals surface area contributed by atoms with E-state index in [1.54, 1.807) is 0 Å². The molecule has 0 aliphatic rings. The molecule has 0 spiro atoms. The summed E-state index contributed by atoms with van der Waals surface area (Å²) in [5, 5.41) is 0. The first-order chi connectivity index (χ1) is 7.24. The normalized spacial score (nSPS) is 12.1. The monoisotopic (exact) mass is 219 g/mol. The lowest BCUT2D eigenvalue weighted by atomic mass is 10.1. The van der Waals surface area contributed by atoms with E-state index in [-0.39, 0.29) is 6.04 Å². The van der Waals surface area contributed by atoms with Gasteiger partial charge in [0.1, 0.15) is 0 Å². The van der Waals surface area contributed by atoms with E-state index < -0.39 is 0 Å². The van der Waals surface area contributed by atoms with E-state index >= 15 is 0 Å². The maximum atomic E-state index is 5.77. The van der Waals surface area contributed by atoms with Crippen molar-refractivity contribution in [1.29, 1.82) is 0 Å². The van der Waals surface area contributed by atoms with Gasteiger partial charge in [-0.2, -0.15) is 0 Å². The molecule has 1 unspecified atom stereocenters. The fourth-order valence-corrected chi connectivity index (χ4v) is 2.08. The lowest BCUT2D eigenvalue weighted by molar-refractivity contribution is 0.817. The number of benzene rings is 1. The number of hydrogen-bond donors (Lipinski definition) is 1. The molecule has 0 bridgehead atoms. The van der Waals surface area contributed by atoms with Crippen LogP contribution in [0.15, 0.2) is 29.2 Å². The van der Waals surface area contributed by atoms with E-state index in [0.717, 1.165) is 18.6 Å². The summed E-state index contributed by atoms with van der Waals surface area (Å²) in [5.41, 5.74) is 6.96. The predicted octanol–water partition coefficient (Wildman–Crippen LogP) is 3.21. The molecule has 0 heterocycles. The second-order valence-corrected chi connectivity index (χ2v) is 4.68. The molecule has 1 atom stereocenters. The fourth-order valence-electron chi connectivity index (χ4n) is 1.23. The standard InChI is InChI=1S/C13H17NS/c1-3-4-5-10-15-13-8-6-12(7-9-13)11(2)14/h1,6-9,11H,4-5,10,14H2,2H3. The fraction of sp³-hybridized carbons (Fsp3) is 0.385. The molecule has 15 heavy (non-hydrogen) atoms. The van der Waals surface area contributed by atoms with Crippen LogP contribution in [0.5, 0.6) is 0 Å². The Balaban J connectivity index is 2.40. The Morgan fingerprint density at radius 1 is 1.40 bits per heavy atom. The first-order valence-corrected chi connectivity index (χ1v) is 6.14. The minimum atomic E-state index is 0.116. The van der Waals surface area contributed by atoms with Gasteiger partial charge in [0.15, 0.2) is 0 Å². The number of unbranched alkanes of at least 4 members (excludes halogenated alkanes) is 1. The van der Waals surface area contributed by atoms with E-state index in [4.69, 9.17) is 12.2 Å². The third kappa shape index (κ3) is 4.42. The summed E-state index contributed by atoms with van der Waals surface area (Å²) in [4.78, 5) is 1.29. The molecule has 0 amide bonds. The van der Waals surface area contributed by atoms with Gasteiger partial charge in [0, 0.05) is 17.4 Å². The Morgan fingerprint density at radius 3 is 2.60 bits per heavy atom. The molecule has 1 aromatic carbocycles. The third-order valence-corrected chi connectivity index (χ3v) is 3.24. The van der Waals surface area contributed by atoms with Crippen LogP contribution in [-0.4, -0.2) is 5.75 Å². The largest absolute Gasteiger partial charge is 0.324 e. The van der Waals surface area contributed by atoms with Crippen molar-refractivity contribution in [1.82, 2.24) is 0 Å². The van der Waals surface area contributed by atoms with Gasteiger partial charge in [0.25, 0.3) is 0 Å². The zero-order chi connectivity index (χ0) is 11.1. The van der Waals surface area contributed by atoms with E-state index in [2.05, 4.69) is 30.2 Å². The zero-order valence-electron chi connectivity index (χ0n) is 9.07. The van der Waals surface area contributed by atoms with Gasteiger partial charge in [-0.3, -0.25) is 0 Å². The minimum Gasteiger partial charge on any atom is -0.324 e. The second kappa shape index (κ2) is 6.55. The first kappa shape index (κ1) is 12.2. The summed E-state index contributed by atoms with van der Waals surface area (Å²) in [6, 6.07) is 8.55. The molecule has 1 rings (SSSR count). The molecule has 0 saturated carbocycles. The van der Waals surface area contributed by atoms with Crippen molar-refractivity contribution < 1.29 is 0 Å². The van der Waals surface area contributed by atoms with Crippen LogP contribution in [-0.2, 0) is 0 Å². The predicted molar refractivity (Wildman–Crippen MR) is 67.8 cm³/mol. The Bertz CT molecular complexity index is 321. The highest BCUT2D eigenvalue weighted by atomic mass is 32.2. The van der Waals surface area contributed by atoms with Crippen molar-refractivity contribution in [3.63, 3.8) is 0 Å². The van der Waals surface area contributed by atoms with Crippen molar-refractivity contribution in [2.24, 2.45) is 5.73 Å². The Morgan fingerprint density at radius 2 is 2.07 bits per heavy atom. The van der Waals surface area contributed by atoms with Gasteiger partial charge < -0.3 is 5.73 Å². The molecule has 1 nitrogen and oxygen atoms in total. The molecule has 0 saturated heterocycles. The van der Waals surface area contributed by atoms with Gasteiger partial charge >= 0.3 is 0 Å². The van der Waals surface area contributed by atoms with E-state index in [1.807, 2.05) is 18.7 Å². The van der Waals surface area contributed by atoms with Crippen LogP contribution in [0.25, 0.3) is 0 Å². The Labute approximate surface area is 96.4 Å². The van der Waals surface area contributed by atoms with E-state index in [9.17, 15) is 0 Å². The average Bonchev–Trinajstić information content (AvgIpc) is 2.25.